The van der Waals surface area contributed by atoms with Crippen LogP contribution in [0.4, 0.5) is 0 Å². The molecule has 0 aliphatic heterocycles. The minimum Gasteiger partial charge on any atom is -0.218 e. The van der Waals surface area contributed by atoms with Gasteiger partial charge >= 0.3 is 0 Å². The van der Waals surface area contributed by atoms with E-state index in [2.05, 4.69) is 33.8 Å². The number of benzene rings is 1. The third-order valence-electron chi connectivity index (χ3n) is 2.54. The molecule has 3 rings (SSSR count). The maximum Gasteiger partial charge on any atom is 0.252 e. The van der Waals surface area contributed by atoms with E-state index in [0.29, 0.717) is 5.78 Å². The predicted molar refractivity (Wildman–Crippen MR) is 67.9 cm³/mol. The number of fused-ring (bicyclic) bond motifs is 1. The summed E-state index contributed by atoms with van der Waals surface area (Å²) in [5.74, 6) is 6.73. The van der Waals surface area contributed by atoms with Gasteiger partial charge in [-0.1, -0.05) is 29.5 Å². The molecule has 0 unspecified atom stereocenters. The highest BCUT2D eigenvalue weighted by molar-refractivity contribution is 5.43. The molecule has 3 aromatic rings. The van der Waals surface area contributed by atoms with Crippen molar-refractivity contribution in [3.8, 4) is 11.8 Å². The molecule has 2 heterocycles. The Balaban J connectivity index is 1.94. The molecule has 86 valence electrons. The standard InChI is InChI=1S/C14H10N4/c1-11-2-4-12(5-3-11)6-7-13-8-15-14-16-10-17-18(14)9-13/h2-5,8-10H,1H3. The summed E-state index contributed by atoms with van der Waals surface area (Å²) < 4.78 is 1.61. The average molecular weight is 234 g/mol. The second-order valence-corrected chi connectivity index (χ2v) is 3.96. The van der Waals surface area contributed by atoms with Gasteiger partial charge in [-0.2, -0.15) is 10.1 Å². The molecule has 4 nitrogen and oxygen atoms in total. The number of nitrogens with zero attached hydrogens (tertiary/aromatic N) is 4. The maximum atomic E-state index is 4.15. The fourth-order valence-corrected chi connectivity index (χ4v) is 1.57. The molecule has 4 heteroatoms. The molecule has 0 fully saturated rings. The molecule has 1 aromatic carbocycles. The quantitative estimate of drug-likeness (QED) is 0.557. The van der Waals surface area contributed by atoms with E-state index in [1.165, 1.54) is 11.9 Å². The van der Waals surface area contributed by atoms with Gasteiger partial charge in [-0.25, -0.2) is 9.50 Å². The normalized spacial score (nSPS) is 10.1. The van der Waals surface area contributed by atoms with Crippen molar-refractivity contribution in [3.63, 3.8) is 0 Å². The third-order valence-corrected chi connectivity index (χ3v) is 2.54. The van der Waals surface area contributed by atoms with Crippen LogP contribution >= 0.6 is 0 Å². The van der Waals surface area contributed by atoms with Crippen LogP contribution in [0.3, 0.4) is 0 Å². The van der Waals surface area contributed by atoms with Crippen molar-refractivity contribution >= 4 is 5.78 Å². The van der Waals surface area contributed by atoms with E-state index in [0.717, 1.165) is 11.1 Å². The van der Waals surface area contributed by atoms with E-state index in [9.17, 15) is 0 Å². The molecule has 0 spiro atoms. The summed E-state index contributed by atoms with van der Waals surface area (Å²) in [4.78, 5) is 8.13. The van der Waals surface area contributed by atoms with Crippen LogP contribution in [-0.4, -0.2) is 19.6 Å². The number of aromatic nitrogens is 4. The van der Waals surface area contributed by atoms with E-state index in [1.54, 1.807) is 10.7 Å². The molecule has 0 aliphatic carbocycles. The van der Waals surface area contributed by atoms with Gasteiger partial charge in [0.2, 0.25) is 0 Å². The second kappa shape index (κ2) is 4.30. The zero-order chi connectivity index (χ0) is 12.4. The molecular formula is C14H10N4. The van der Waals surface area contributed by atoms with E-state index >= 15 is 0 Å². The van der Waals surface area contributed by atoms with E-state index < -0.39 is 0 Å². The van der Waals surface area contributed by atoms with Crippen molar-refractivity contribution in [2.45, 2.75) is 6.92 Å². The number of hydrogen-bond acceptors (Lipinski definition) is 3. The molecule has 0 amide bonds. The van der Waals surface area contributed by atoms with Gasteiger partial charge in [0.15, 0.2) is 0 Å². The zero-order valence-corrected chi connectivity index (χ0v) is 9.83. The van der Waals surface area contributed by atoms with Crippen LogP contribution in [0.25, 0.3) is 5.78 Å². The lowest BCUT2D eigenvalue weighted by atomic mass is 10.1. The van der Waals surface area contributed by atoms with Crippen molar-refractivity contribution in [2.75, 3.05) is 0 Å². The highest BCUT2D eigenvalue weighted by Crippen LogP contribution is 2.02. The Kier molecular flexibility index (Phi) is 2.50. The van der Waals surface area contributed by atoms with Gasteiger partial charge in [0.05, 0.1) is 5.56 Å². The van der Waals surface area contributed by atoms with Crippen molar-refractivity contribution in [1.82, 2.24) is 19.6 Å². The van der Waals surface area contributed by atoms with Crippen LogP contribution < -0.4 is 0 Å². The summed E-state index contributed by atoms with van der Waals surface area (Å²) in [7, 11) is 0. The van der Waals surface area contributed by atoms with Crippen LogP contribution in [-0.2, 0) is 0 Å². The molecule has 0 saturated carbocycles. The van der Waals surface area contributed by atoms with Gasteiger partial charge in [0, 0.05) is 18.0 Å². The van der Waals surface area contributed by atoms with Gasteiger partial charge < -0.3 is 0 Å². The van der Waals surface area contributed by atoms with Gasteiger partial charge in [-0.05, 0) is 19.1 Å². The Morgan fingerprint density at radius 3 is 2.61 bits per heavy atom. The number of hydrogen-bond donors (Lipinski definition) is 0. The first-order chi connectivity index (χ1) is 8.81. The molecule has 18 heavy (non-hydrogen) atoms. The van der Waals surface area contributed by atoms with E-state index in [1.807, 2.05) is 30.5 Å². The minimum atomic E-state index is 0.580. The maximum absolute atomic E-state index is 4.15. The van der Waals surface area contributed by atoms with Gasteiger partial charge in [-0.3, -0.25) is 0 Å². The minimum absolute atomic E-state index is 0.580. The Morgan fingerprint density at radius 1 is 1.00 bits per heavy atom. The number of aryl methyl sites for hydroxylation is 1. The molecule has 0 atom stereocenters. The Morgan fingerprint density at radius 2 is 1.78 bits per heavy atom. The van der Waals surface area contributed by atoms with Crippen LogP contribution in [0, 0.1) is 18.8 Å². The molecule has 0 aliphatic rings. The first-order valence-electron chi connectivity index (χ1n) is 5.55. The first kappa shape index (κ1) is 10.5. The molecule has 0 radical (unpaired) electrons. The van der Waals surface area contributed by atoms with Gasteiger partial charge in [-0.15, -0.1) is 0 Å². The third kappa shape index (κ3) is 2.06. The highest BCUT2D eigenvalue weighted by Gasteiger charge is 1.96. The molecule has 2 aromatic heterocycles. The lowest BCUT2D eigenvalue weighted by molar-refractivity contribution is 0.935. The lowest BCUT2D eigenvalue weighted by Crippen LogP contribution is -1.91. The van der Waals surface area contributed by atoms with E-state index in [-0.39, 0.29) is 0 Å². The summed E-state index contributed by atoms with van der Waals surface area (Å²) in [5.41, 5.74) is 3.03. The van der Waals surface area contributed by atoms with Crippen LogP contribution in [0.15, 0.2) is 43.0 Å². The monoisotopic (exact) mass is 234 g/mol. The van der Waals surface area contributed by atoms with Crippen molar-refractivity contribution in [3.05, 3.63) is 59.7 Å². The van der Waals surface area contributed by atoms with Crippen molar-refractivity contribution in [1.29, 1.82) is 0 Å². The highest BCUT2D eigenvalue weighted by atomic mass is 15.3. The zero-order valence-electron chi connectivity index (χ0n) is 9.83. The smallest absolute Gasteiger partial charge is 0.218 e. The van der Waals surface area contributed by atoms with Crippen LogP contribution in [0.5, 0.6) is 0 Å². The Hall–Kier alpha value is -2.67. The second-order valence-electron chi connectivity index (χ2n) is 3.96. The first-order valence-corrected chi connectivity index (χ1v) is 5.55. The molecule has 0 N–H and O–H groups in total. The van der Waals surface area contributed by atoms with Gasteiger partial charge in [0.25, 0.3) is 5.78 Å². The lowest BCUT2D eigenvalue weighted by Gasteiger charge is -1.93. The molecular weight excluding hydrogens is 224 g/mol. The number of rotatable bonds is 0. The fraction of sp³-hybridized carbons (Fsp3) is 0.0714. The summed E-state index contributed by atoms with van der Waals surface area (Å²) in [6.07, 6.45) is 4.99. The van der Waals surface area contributed by atoms with Crippen molar-refractivity contribution < 1.29 is 0 Å². The van der Waals surface area contributed by atoms with Crippen molar-refractivity contribution in [2.24, 2.45) is 0 Å². The summed E-state index contributed by atoms with van der Waals surface area (Å²) in [5, 5.41) is 4.02. The van der Waals surface area contributed by atoms with Crippen LogP contribution in [0.2, 0.25) is 0 Å². The molecule has 0 saturated heterocycles. The summed E-state index contributed by atoms with van der Waals surface area (Å²) in [6.45, 7) is 2.06. The fourth-order valence-electron chi connectivity index (χ4n) is 1.57. The SMILES string of the molecule is Cc1ccc(C#Cc2cnc3ncnn3c2)cc1. The van der Waals surface area contributed by atoms with Crippen LogP contribution in [0.1, 0.15) is 16.7 Å². The topological polar surface area (TPSA) is 43.1 Å². The van der Waals surface area contributed by atoms with Gasteiger partial charge in [0.1, 0.15) is 6.33 Å². The van der Waals surface area contributed by atoms with E-state index in [4.69, 9.17) is 0 Å². The Labute approximate surface area is 104 Å². The average Bonchev–Trinajstić information content (AvgIpc) is 2.85. The summed E-state index contributed by atoms with van der Waals surface area (Å²) in [6, 6.07) is 8.10. The summed E-state index contributed by atoms with van der Waals surface area (Å²) >= 11 is 0. The molecule has 0 bridgehead atoms. The largest absolute Gasteiger partial charge is 0.252 e. The Bertz CT molecular complexity index is 745. The predicted octanol–water partition coefficient (Wildman–Crippen LogP) is 1.83.